The molecule has 0 fully saturated rings. The highest BCUT2D eigenvalue weighted by molar-refractivity contribution is 6.83. The predicted octanol–water partition coefficient (Wildman–Crippen LogP) is 2.95. The number of hydrogen-bond donors (Lipinski definition) is 0. The van der Waals surface area contributed by atoms with Crippen molar-refractivity contribution in [3.63, 3.8) is 0 Å². The van der Waals surface area contributed by atoms with Crippen molar-refractivity contribution in [1.82, 2.24) is 0 Å². The molecule has 0 aromatic heterocycles. The number of methoxy groups -OCH3 is 2. The zero-order chi connectivity index (χ0) is 16.7. The van der Waals surface area contributed by atoms with Gasteiger partial charge in [0.25, 0.3) is 0 Å². The zero-order valence-electron chi connectivity index (χ0n) is 14.1. The van der Waals surface area contributed by atoms with E-state index in [1.165, 1.54) is 14.2 Å². The van der Waals surface area contributed by atoms with Gasteiger partial charge >= 0.3 is 11.9 Å². The fourth-order valence-electron chi connectivity index (χ4n) is 1.70. The van der Waals surface area contributed by atoms with Gasteiger partial charge in [0.2, 0.25) is 0 Å². The van der Waals surface area contributed by atoms with E-state index >= 15 is 0 Å². The van der Waals surface area contributed by atoms with E-state index in [0.717, 1.165) is 5.57 Å². The highest BCUT2D eigenvalue weighted by Crippen LogP contribution is 2.31. The average Bonchev–Trinajstić information content (AvgIpc) is 2.39. The number of carbonyl (C=O) groups excluding carboxylic acids is 2. The standard InChI is InChI=1S/C16H26O4Si/c1-13(2)9-11-16(14(17)19-3,15(18)20-4)10-8-12-21(5,6)7/h9H,10-11H2,1-7H3. The fraction of sp³-hybridized carbons (Fsp3) is 0.625. The third-order valence-electron chi connectivity index (χ3n) is 2.86. The lowest BCUT2D eigenvalue weighted by atomic mass is 9.80. The molecule has 0 aliphatic rings. The van der Waals surface area contributed by atoms with Crippen molar-refractivity contribution in [3.8, 4) is 11.5 Å². The summed E-state index contributed by atoms with van der Waals surface area (Å²) in [6, 6.07) is 0. The molecule has 0 atom stereocenters. The van der Waals surface area contributed by atoms with Crippen molar-refractivity contribution in [2.24, 2.45) is 5.41 Å². The number of allylic oxidation sites excluding steroid dienone is 2. The first-order valence-electron chi connectivity index (χ1n) is 6.89. The van der Waals surface area contributed by atoms with Gasteiger partial charge in [0.15, 0.2) is 5.41 Å². The van der Waals surface area contributed by atoms with Gasteiger partial charge in [-0.05, 0) is 20.3 Å². The van der Waals surface area contributed by atoms with E-state index in [0.29, 0.717) is 0 Å². The second-order valence-corrected chi connectivity index (χ2v) is 11.0. The second kappa shape index (κ2) is 8.04. The van der Waals surface area contributed by atoms with Gasteiger partial charge in [-0.1, -0.05) is 31.3 Å². The number of esters is 2. The smallest absolute Gasteiger partial charge is 0.324 e. The maximum atomic E-state index is 12.2. The third-order valence-corrected chi connectivity index (χ3v) is 3.79. The van der Waals surface area contributed by atoms with Crippen LogP contribution in [0.2, 0.25) is 19.6 Å². The van der Waals surface area contributed by atoms with Gasteiger partial charge in [-0.2, -0.15) is 0 Å². The topological polar surface area (TPSA) is 52.6 Å². The molecule has 0 N–H and O–H groups in total. The van der Waals surface area contributed by atoms with Gasteiger partial charge in [-0.3, -0.25) is 9.59 Å². The first-order valence-corrected chi connectivity index (χ1v) is 10.4. The van der Waals surface area contributed by atoms with Crippen LogP contribution < -0.4 is 0 Å². The van der Waals surface area contributed by atoms with Crippen LogP contribution in [0.15, 0.2) is 11.6 Å². The van der Waals surface area contributed by atoms with E-state index in [2.05, 4.69) is 31.1 Å². The van der Waals surface area contributed by atoms with Crippen molar-refractivity contribution in [3.05, 3.63) is 11.6 Å². The van der Waals surface area contributed by atoms with Crippen LogP contribution in [-0.2, 0) is 19.1 Å². The van der Waals surface area contributed by atoms with E-state index in [1.54, 1.807) is 0 Å². The van der Waals surface area contributed by atoms with E-state index in [4.69, 9.17) is 9.47 Å². The Morgan fingerprint density at radius 3 is 1.90 bits per heavy atom. The summed E-state index contributed by atoms with van der Waals surface area (Å²) >= 11 is 0. The molecule has 5 heteroatoms. The molecule has 0 rings (SSSR count). The first-order chi connectivity index (χ1) is 9.59. The number of rotatable bonds is 5. The minimum absolute atomic E-state index is 0.112. The Kier molecular flexibility index (Phi) is 7.45. The summed E-state index contributed by atoms with van der Waals surface area (Å²) in [7, 11) is 0.972. The second-order valence-electron chi connectivity index (χ2n) is 6.28. The van der Waals surface area contributed by atoms with Gasteiger partial charge < -0.3 is 9.47 Å². The lowest BCUT2D eigenvalue weighted by Gasteiger charge is -2.25. The minimum atomic E-state index is -1.57. The molecule has 0 heterocycles. The third kappa shape index (κ3) is 6.17. The van der Waals surface area contributed by atoms with Crippen molar-refractivity contribution in [2.75, 3.05) is 14.2 Å². The molecule has 4 nitrogen and oxygen atoms in total. The summed E-state index contributed by atoms with van der Waals surface area (Å²) in [6.07, 6.45) is 2.18. The highest BCUT2D eigenvalue weighted by atomic mass is 28.3. The maximum Gasteiger partial charge on any atom is 0.324 e. The largest absolute Gasteiger partial charge is 0.468 e. The molecule has 0 amide bonds. The Morgan fingerprint density at radius 1 is 1.10 bits per heavy atom. The summed E-state index contributed by atoms with van der Waals surface area (Å²) in [5, 5.41) is 0. The SMILES string of the molecule is COC(=O)C(CC#C[Si](C)(C)C)(CC=C(C)C)C(=O)OC. The van der Waals surface area contributed by atoms with Crippen molar-refractivity contribution in [2.45, 2.75) is 46.3 Å². The Labute approximate surface area is 128 Å². The molecule has 0 aliphatic heterocycles. The number of hydrogen-bond acceptors (Lipinski definition) is 4. The first kappa shape index (κ1) is 19.5. The van der Waals surface area contributed by atoms with Gasteiger partial charge in [0.05, 0.1) is 14.2 Å². The fourth-order valence-corrected chi connectivity index (χ4v) is 2.31. The summed E-state index contributed by atoms with van der Waals surface area (Å²) in [4.78, 5) is 24.4. The molecule has 0 unspecified atom stereocenters. The predicted molar refractivity (Wildman–Crippen MR) is 86.3 cm³/mol. The zero-order valence-corrected chi connectivity index (χ0v) is 15.1. The lowest BCUT2D eigenvalue weighted by Crippen LogP contribution is -2.41. The van der Waals surface area contributed by atoms with E-state index in [9.17, 15) is 9.59 Å². The molecule has 21 heavy (non-hydrogen) atoms. The van der Waals surface area contributed by atoms with Gasteiger partial charge in [-0.25, -0.2) is 0 Å². The minimum Gasteiger partial charge on any atom is -0.468 e. The number of carbonyl (C=O) groups is 2. The van der Waals surface area contributed by atoms with E-state index in [-0.39, 0.29) is 12.8 Å². The molecule has 0 aliphatic carbocycles. The molecular formula is C16H26O4Si. The van der Waals surface area contributed by atoms with Crippen LogP contribution in [0.25, 0.3) is 0 Å². The molecule has 0 saturated carbocycles. The molecule has 0 aromatic rings. The summed E-state index contributed by atoms with van der Waals surface area (Å²) in [6.45, 7) is 10.1. The van der Waals surface area contributed by atoms with Crippen molar-refractivity contribution < 1.29 is 19.1 Å². The molecule has 0 aromatic carbocycles. The highest BCUT2D eigenvalue weighted by Gasteiger charge is 2.47. The van der Waals surface area contributed by atoms with Crippen LogP contribution >= 0.6 is 0 Å². The molecular weight excluding hydrogens is 284 g/mol. The van der Waals surface area contributed by atoms with Crippen LogP contribution in [0.4, 0.5) is 0 Å². The van der Waals surface area contributed by atoms with E-state index in [1.807, 2.05) is 19.9 Å². The van der Waals surface area contributed by atoms with Crippen LogP contribution in [0, 0.1) is 16.9 Å². The monoisotopic (exact) mass is 310 g/mol. The average molecular weight is 310 g/mol. The molecule has 118 valence electrons. The summed E-state index contributed by atoms with van der Waals surface area (Å²) in [5.41, 5.74) is 2.81. The Hall–Kier alpha value is -1.54. The quantitative estimate of drug-likeness (QED) is 0.257. The molecule has 0 radical (unpaired) electrons. The Bertz CT molecular complexity index is 455. The number of ether oxygens (including phenoxy) is 2. The molecule has 0 spiro atoms. The lowest BCUT2D eigenvalue weighted by molar-refractivity contribution is -0.168. The maximum absolute atomic E-state index is 12.2. The Balaban J connectivity index is 5.66. The van der Waals surface area contributed by atoms with Gasteiger partial charge in [0.1, 0.15) is 8.07 Å². The summed E-state index contributed by atoms with van der Waals surface area (Å²) < 4.78 is 9.66. The summed E-state index contributed by atoms with van der Waals surface area (Å²) in [5.74, 6) is 1.80. The van der Waals surface area contributed by atoms with Crippen LogP contribution in [-0.4, -0.2) is 34.2 Å². The van der Waals surface area contributed by atoms with Crippen LogP contribution in [0.3, 0.4) is 0 Å². The Morgan fingerprint density at radius 2 is 1.57 bits per heavy atom. The van der Waals surface area contributed by atoms with Crippen molar-refractivity contribution in [1.29, 1.82) is 0 Å². The molecule has 0 bridgehead atoms. The van der Waals surface area contributed by atoms with Gasteiger partial charge in [0, 0.05) is 6.42 Å². The van der Waals surface area contributed by atoms with Crippen molar-refractivity contribution >= 4 is 20.0 Å². The van der Waals surface area contributed by atoms with Crippen LogP contribution in [0.5, 0.6) is 0 Å². The van der Waals surface area contributed by atoms with E-state index < -0.39 is 25.4 Å². The van der Waals surface area contributed by atoms with Gasteiger partial charge in [-0.15, -0.1) is 11.5 Å². The normalized spacial score (nSPS) is 11.0. The van der Waals surface area contributed by atoms with Crippen LogP contribution in [0.1, 0.15) is 26.7 Å². The molecule has 0 saturated heterocycles.